The van der Waals surface area contributed by atoms with Crippen molar-refractivity contribution in [3.05, 3.63) is 43.7 Å². The van der Waals surface area contributed by atoms with E-state index in [1.807, 2.05) is 0 Å². The first-order valence-electron chi connectivity index (χ1n) is 4.73. The fraction of sp³-hybridized carbons (Fsp3) is 0.125. The molecule has 0 bridgehead atoms. The Morgan fingerprint density at radius 3 is 2.89 bits per heavy atom. The lowest BCUT2D eigenvalue weighted by Crippen LogP contribution is -2.06. The van der Waals surface area contributed by atoms with Gasteiger partial charge in [-0.05, 0) is 0 Å². The highest BCUT2D eigenvalue weighted by molar-refractivity contribution is 6.33. The molecule has 2 rings (SSSR count). The molecule has 0 saturated carbocycles. The Hall–Kier alpha value is -2.42. The van der Waals surface area contributed by atoms with Crippen molar-refractivity contribution in [3.63, 3.8) is 0 Å². The number of anilines is 1. The van der Waals surface area contributed by atoms with Gasteiger partial charge in [-0.15, -0.1) is 0 Å². The largest absolute Gasteiger partial charge is 0.362 e. The summed E-state index contributed by atoms with van der Waals surface area (Å²) in [6.45, 7) is 0.184. The molecule has 10 heteroatoms. The summed E-state index contributed by atoms with van der Waals surface area (Å²) in [5.41, 5.74) is -0.617. The second-order valence-corrected chi connectivity index (χ2v) is 3.67. The van der Waals surface area contributed by atoms with E-state index < -0.39 is 10.6 Å². The molecule has 9 nitrogen and oxygen atoms in total. The minimum atomic E-state index is -0.589. The first-order chi connectivity index (χ1) is 8.56. The Morgan fingerprint density at radius 1 is 1.56 bits per heavy atom. The third-order valence-corrected chi connectivity index (χ3v) is 2.30. The van der Waals surface area contributed by atoms with E-state index >= 15 is 0 Å². The smallest absolute Gasteiger partial charge is 0.340 e. The van der Waals surface area contributed by atoms with Crippen molar-refractivity contribution in [2.24, 2.45) is 0 Å². The van der Waals surface area contributed by atoms with Crippen molar-refractivity contribution in [2.75, 3.05) is 5.32 Å². The summed E-state index contributed by atoms with van der Waals surface area (Å²) >= 11 is 5.82. The van der Waals surface area contributed by atoms with Gasteiger partial charge in [0.15, 0.2) is 0 Å². The summed E-state index contributed by atoms with van der Waals surface area (Å²) in [7, 11) is 0. The monoisotopic (exact) mass is 270 g/mol. The Kier molecular flexibility index (Phi) is 3.24. The SMILES string of the molecule is O=c1[nH]nc(CNc2ncc([N+](=O)[O-])cc2Cl)[nH]1. The maximum Gasteiger partial charge on any atom is 0.340 e. The van der Waals surface area contributed by atoms with Crippen LogP contribution < -0.4 is 11.0 Å². The van der Waals surface area contributed by atoms with E-state index in [4.69, 9.17) is 11.6 Å². The molecule has 0 radical (unpaired) electrons. The molecule has 94 valence electrons. The Labute approximate surface area is 104 Å². The number of H-pyrrole nitrogens is 2. The molecule has 3 N–H and O–H groups in total. The average Bonchev–Trinajstić information content (AvgIpc) is 2.73. The lowest BCUT2D eigenvalue weighted by molar-refractivity contribution is -0.385. The molecule has 18 heavy (non-hydrogen) atoms. The maximum absolute atomic E-state index is 10.8. The number of aromatic nitrogens is 4. The van der Waals surface area contributed by atoms with Crippen LogP contribution in [0.3, 0.4) is 0 Å². The van der Waals surface area contributed by atoms with Crippen LogP contribution in [-0.4, -0.2) is 25.1 Å². The third kappa shape index (κ3) is 2.63. The number of rotatable bonds is 4. The molecule has 0 saturated heterocycles. The Morgan fingerprint density at radius 2 is 2.33 bits per heavy atom. The van der Waals surface area contributed by atoms with Crippen LogP contribution in [0.2, 0.25) is 5.02 Å². The van der Waals surface area contributed by atoms with Gasteiger partial charge in [-0.3, -0.25) is 15.1 Å². The van der Waals surface area contributed by atoms with Gasteiger partial charge < -0.3 is 5.32 Å². The summed E-state index contributed by atoms with van der Waals surface area (Å²) in [5.74, 6) is 0.641. The number of aromatic amines is 2. The topological polar surface area (TPSA) is 130 Å². The Bertz CT molecular complexity index is 636. The fourth-order valence-corrected chi connectivity index (χ4v) is 1.44. The van der Waals surface area contributed by atoms with Crippen LogP contribution >= 0.6 is 11.6 Å². The van der Waals surface area contributed by atoms with Crippen molar-refractivity contribution in [3.8, 4) is 0 Å². The highest BCUT2D eigenvalue weighted by Gasteiger charge is 2.10. The van der Waals surface area contributed by atoms with Crippen molar-refractivity contribution in [1.29, 1.82) is 0 Å². The Balaban J connectivity index is 2.10. The van der Waals surface area contributed by atoms with Crippen LogP contribution in [0.1, 0.15) is 5.82 Å². The van der Waals surface area contributed by atoms with Crippen molar-refractivity contribution in [2.45, 2.75) is 6.54 Å². The van der Waals surface area contributed by atoms with E-state index in [2.05, 4.69) is 25.5 Å². The fourth-order valence-electron chi connectivity index (χ4n) is 1.21. The van der Waals surface area contributed by atoms with Crippen molar-refractivity contribution in [1.82, 2.24) is 20.2 Å². The predicted octanol–water partition coefficient (Wildman–Crippen LogP) is 0.667. The molecule has 0 atom stereocenters. The molecular formula is C8H7ClN6O3. The minimum Gasteiger partial charge on any atom is -0.362 e. The van der Waals surface area contributed by atoms with Crippen molar-refractivity contribution >= 4 is 23.1 Å². The van der Waals surface area contributed by atoms with Crippen LogP contribution in [0, 0.1) is 10.1 Å². The summed E-state index contributed by atoms with van der Waals surface area (Å²) in [6, 6.07) is 1.18. The summed E-state index contributed by atoms with van der Waals surface area (Å²) in [6.07, 6.45) is 1.08. The van der Waals surface area contributed by atoms with Gasteiger partial charge in [0.2, 0.25) is 0 Å². The standard InChI is InChI=1S/C8H7ClN6O3/c9-5-1-4(15(17)18)2-10-7(5)11-3-6-12-8(16)14-13-6/h1-2H,3H2,(H,10,11)(H2,12,13,14,16). The number of nitrogens with zero attached hydrogens (tertiary/aromatic N) is 3. The second kappa shape index (κ2) is 4.84. The third-order valence-electron chi connectivity index (χ3n) is 2.01. The molecule has 0 aliphatic heterocycles. The zero-order valence-corrected chi connectivity index (χ0v) is 9.56. The molecule has 2 heterocycles. The maximum atomic E-state index is 10.8. The highest BCUT2D eigenvalue weighted by atomic mass is 35.5. The lowest BCUT2D eigenvalue weighted by atomic mass is 10.4. The minimum absolute atomic E-state index is 0.113. The van der Waals surface area contributed by atoms with Gasteiger partial charge in [0.1, 0.15) is 17.8 Å². The molecule has 0 aliphatic rings. The predicted molar refractivity (Wildman–Crippen MR) is 62.4 cm³/mol. The normalized spacial score (nSPS) is 10.3. The van der Waals surface area contributed by atoms with Crippen LogP contribution in [0.4, 0.5) is 11.5 Å². The van der Waals surface area contributed by atoms with E-state index in [0.29, 0.717) is 5.82 Å². The number of halogens is 1. The summed E-state index contributed by atoms with van der Waals surface area (Å²) in [4.78, 5) is 26.9. The number of hydrogen-bond donors (Lipinski definition) is 3. The van der Waals surface area contributed by atoms with E-state index in [1.54, 1.807) is 0 Å². The first kappa shape index (κ1) is 12.0. The molecule has 2 aromatic rings. The van der Waals surface area contributed by atoms with Gasteiger partial charge in [0.25, 0.3) is 5.69 Å². The zero-order valence-electron chi connectivity index (χ0n) is 8.81. The van der Waals surface area contributed by atoms with E-state index in [0.717, 1.165) is 6.20 Å². The quantitative estimate of drug-likeness (QED) is 0.553. The van der Waals surface area contributed by atoms with E-state index in [9.17, 15) is 14.9 Å². The number of hydrogen-bond acceptors (Lipinski definition) is 6. The number of pyridine rings is 1. The lowest BCUT2D eigenvalue weighted by Gasteiger charge is -2.04. The average molecular weight is 271 g/mol. The van der Waals surface area contributed by atoms with Crippen molar-refractivity contribution < 1.29 is 4.92 Å². The molecule has 0 unspecified atom stereocenters. The summed E-state index contributed by atoms with van der Waals surface area (Å²) in [5, 5.41) is 19.3. The zero-order chi connectivity index (χ0) is 13.1. The van der Waals surface area contributed by atoms with Gasteiger partial charge in [-0.1, -0.05) is 11.6 Å². The van der Waals surface area contributed by atoms with E-state index in [1.165, 1.54) is 6.07 Å². The van der Waals surface area contributed by atoms with Crippen LogP contribution in [0.5, 0.6) is 0 Å². The van der Waals surface area contributed by atoms with Gasteiger partial charge >= 0.3 is 5.69 Å². The van der Waals surface area contributed by atoms with Crippen LogP contribution in [-0.2, 0) is 6.54 Å². The van der Waals surface area contributed by atoms with E-state index in [-0.39, 0.29) is 23.1 Å². The number of nitrogens with one attached hydrogen (secondary N) is 3. The highest BCUT2D eigenvalue weighted by Crippen LogP contribution is 2.23. The molecule has 0 amide bonds. The second-order valence-electron chi connectivity index (χ2n) is 3.26. The summed E-state index contributed by atoms with van der Waals surface area (Å²) < 4.78 is 0. The molecule has 0 aliphatic carbocycles. The van der Waals surface area contributed by atoms with Gasteiger partial charge in [-0.25, -0.2) is 14.9 Å². The molecule has 0 aromatic carbocycles. The van der Waals surface area contributed by atoms with Crippen LogP contribution in [0.15, 0.2) is 17.1 Å². The first-order valence-corrected chi connectivity index (χ1v) is 5.11. The van der Waals surface area contributed by atoms with Crippen LogP contribution in [0.25, 0.3) is 0 Å². The van der Waals surface area contributed by atoms with Gasteiger partial charge in [-0.2, -0.15) is 5.10 Å². The molecule has 0 fully saturated rings. The molecular weight excluding hydrogens is 264 g/mol. The molecule has 0 spiro atoms. The van der Waals surface area contributed by atoms with Gasteiger partial charge in [0.05, 0.1) is 16.5 Å². The number of nitro groups is 1. The van der Waals surface area contributed by atoms with Gasteiger partial charge in [0, 0.05) is 6.07 Å². The molecule has 2 aromatic heterocycles.